The molecule has 0 aliphatic carbocycles. The molecule has 2 heterocycles. The molecule has 30 heavy (non-hydrogen) atoms. The van der Waals surface area contributed by atoms with E-state index in [1.54, 1.807) is 12.1 Å². The van der Waals surface area contributed by atoms with Gasteiger partial charge in [-0.25, -0.2) is 0 Å². The Morgan fingerprint density at radius 3 is 2.43 bits per heavy atom. The molecule has 1 fully saturated rings. The molecule has 4 rings (SSSR count). The Bertz CT molecular complexity index is 1060. The van der Waals surface area contributed by atoms with Crippen LogP contribution in [0.25, 0.3) is 5.69 Å². The summed E-state index contributed by atoms with van der Waals surface area (Å²) in [6, 6.07) is 20.9. The first-order valence-electron chi connectivity index (χ1n) is 10.3. The van der Waals surface area contributed by atoms with Gasteiger partial charge >= 0.3 is 0 Å². The Balaban J connectivity index is 1.45. The van der Waals surface area contributed by atoms with Crippen LogP contribution in [0.3, 0.4) is 0 Å². The Kier molecular flexibility index (Phi) is 5.93. The van der Waals surface area contributed by atoms with Crippen molar-refractivity contribution in [2.45, 2.75) is 19.8 Å². The van der Waals surface area contributed by atoms with Crippen molar-refractivity contribution in [3.63, 3.8) is 0 Å². The van der Waals surface area contributed by atoms with Crippen molar-refractivity contribution in [2.75, 3.05) is 31.1 Å². The van der Waals surface area contributed by atoms with Gasteiger partial charge in [-0.1, -0.05) is 48.0 Å². The van der Waals surface area contributed by atoms with Crippen molar-refractivity contribution in [1.82, 2.24) is 14.7 Å². The van der Waals surface area contributed by atoms with Crippen molar-refractivity contribution in [2.24, 2.45) is 0 Å². The largest absolute Gasteiger partial charge is 0.353 e. The number of amides is 1. The number of carbonyl (C=O) groups excluding carboxylic acids is 1. The number of hydrogen-bond acceptors (Lipinski definition) is 4. The quantitative estimate of drug-likeness (QED) is 0.673. The number of anilines is 1. The molecule has 6 heteroatoms. The maximum atomic E-state index is 12.8. The second-order valence-corrected chi connectivity index (χ2v) is 7.66. The molecule has 6 nitrogen and oxygen atoms in total. The monoisotopic (exact) mass is 402 g/mol. The van der Waals surface area contributed by atoms with E-state index in [2.05, 4.69) is 10.00 Å². The molecule has 1 amide bonds. The minimum atomic E-state index is -0.158. The summed E-state index contributed by atoms with van der Waals surface area (Å²) in [5.41, 5.74) is 2.83. The molecule has 1 aliphatic rings. The zero-order chi connectivity index (χ0) is 20.9. The van der Waals surface area contributed by atoms with E-state index in [0.29, 0.717) is 19.5 Å². The van der Waals surface area contributed by atoms with E-state index in [4.69, 9.17) is 0 Å². The highest BCUT2D eigenvalue weighted by molar-refractivity contribution is 5.78. The zero-order valence-electron chi connectivity index (χ0n) is 17.2. The molecule has 3 aromatic rings. The van der Waals surface area contributed by atoms with Crippen LogP contribution < -0.4 is 10.5 Å². The Hall–Kier alpha value is -3.41. The van der Waals surface area contributed by atoms with E-state index in [1.807, 2.05) is 66.4 Å². The highest BCUT2D eigenvalue weighted by Crippen LogP contribution is 2.15. The first kappa shape index (κ1) is 19.9. The van der Waals surface area contributed by atoms with Crippen LogP contribution in [0.5, 0.6) is 0 Å². The highest BCUT2D eigenvalue weighted by atomic mass is 16.2. The average Bonchev–Trinajstić information content (AvgIpc) is 3.03. The third-order valence-corrected chi connectivity index (χ3v) is 5.44. The average molecular weight is 402 g/mol. The third kappa shape index (κ3) is 4.59. The first-order valence-corrected chi connectivity index (χ1v) is 10.3. The van der Waals surface area contributed by atoms with Crippen molar-refractivity contribution in [3.8, 4) is 5.69 Å². The molecular formula is C24H26N4O2. The predicted molar refractivity (Wildman–Crippen MR) is 118 cm³/mol. The highest BCUT2D eigenvalue weighted by Gasteiger charge is 2.20. The summed E-state index contributed by atoms with van der Waals surface area (Å²) in [5, 5.41) is 4.58. The lowest BCUT2D eigenvalue weighted by atomic mass is 10.1. The molecule has 0 spiro atoms. The number of nitrogens with zero attached hydrogens (tertiary/aromatic N) is 4. The van der Waals surface area contributed by atoms with Crippen LogP contribution in [0.2, 0.25) is 0 Å². The second kappa shape index (κ2) is 8.95. The standard InChI is InChI=1S/C24H26N4O2/c1-19-8-10-20(11-9-19)18-24(30)27-15-5-14-26(16-17-27)22-12-13-23(29)28(25-22)21-6-3-2-4-7-21/h2-4,6-13H,5,14-18H2,1H3. The second-order valence-electron chi connectivity index (χ2n) is 7.66. The van der Waals surface area contributed by atoms with Crippen LogP contribution in [-0.4, -0.2) is 46.8 Å². The molecule has 0 unspecified atom stereocenters. The van der Waals surface area contributed by atoms with E-state index in [-0.39, 0.29) is 11.5 Å². The zero-order valence-corrected chi connectivity index (χ0v) is 17.2. The fourth-order valence-corrected chi connectivity index (χ4v) is 3.71. The molecule has 1 saturated heterocycles. The van der Waals surface area contributed by atoms with E-state index in [1.165, 1.54) is 10.2 Å². The maximum absolute atomic E-state index is 12.8. The van der Waals surface area contributed by atoms with E-state index >= 15 is 0 Å². The maximum Gasteiger partial charge on any atom is 0.271 e. The van der Waals surface area contributed by atoms with Gasteiger partial charge in [0.05, 0.1) is 12.1 Å². The van der Waals surface area contributed by atoms with E-state index in [0.717, 1.165) is 36.6 Å². The number of carbonyl (C=O) groups is 1. The summed E-state index contributed by atoms with van der Waals surface area (Å²) in [4.78, 5) is 29.2. The van der Waals surface area contributed by atoms with Crippen molar-refractivity contribution in [1.29, 1.82) is 0 Å². The van der Waals surface area contributed by atoms with Gasteiger partial charge in [0.1, 0.15) is 5.82 Å². The number of aromatic nitrogens is 2. The lowest BCUT2D eigenvalue weighted by Crippen LogP contribution is -2.36. The molecular weight excluding hydrogens is 376 g/mol. The van der Waals surface area contributed by atoms with Crippen LogP contribution >= 0.6 is 0 Å². The molecule has 1 aromatic heterocycles. The molecule has 1 aliphatic heterocycles. The molecule has 0 saturated carbocycles. The van der Waals surface area contributed by atoms with Crippen molar-refractivity contribution < 1.29 is 4.79 Å². The van der Waals surface area contributed by atoms with Crippen molar-refractivity contribution >= 4 is 11.7 Å². The van der Waals surface area contributed by atoms with Gasteiger partial charge in [-0.2, -0.15) is 4.68 Å². The van der Waals surface area contributed by atoms with Crippen LogP contribution in [0.4, 0.5) is 5.82 Å². The van der Waals surface area contributed by atoms with Crippen molar-refractivity contribution in [3.05, 3.63) is 88.2 Å². The summed E-state index contributed by atoms with van der Waals surface area (Å²) >= 11 is 0. The van der Waals surface area contributed by atoms with Gasteiger partial charge in [0.15, 0.2) is 0 Å². The predicted octanol–water partition coefficient (Wildman–Crippen LogP) is 2.82. The molecule has 2 aromatic carbocycles. The van der Waals surface area contributed by atoms with Gasteiger partial charge in [0, 0.05) is 32.2 Å². The fraction of sp³-hybridized carbons (Fsp3) is 0.292. The fourth-order valence-electron chi connectivity index (χ4n) is 3.71. The Morgan fingerprint density at radius 1 is 0.900 bits per heavy atom. The summed E-state index contributed by atoms with van der Waals surface area (Å²) in [6.07, 6.45) is 1.29. The molecule has 0 bridgehead atoms. The summed E-state index contributed by atoms with van der Waals surface area (Å²) in [5.74, 6) is 0.911. The van der Waals surface area contributed by atoms with E-state index in [9.17, 15) is 9.59 Å². The number of rotatable bonds is 4. The Labute approximate surface area is 176 Å². The van der Waals surface area contributed by atoms with Gasteiger partial charge < -0.3 is 9.80 Å². The number of aryl methyl sites for hydroxylation is 1. The van der Waals surface area contributed by atoms with Gasteiger partial charge in [0.25, 0.3) is 5.56 Å². The molecule has 0 N–H and O–H groups in total. The summed E-state index contributed by atoms with van der Waals surface area (Å²) in [7, 11) is 0. The molecule has 0 atom stereocenters. The van der Waals surface area contributed by atoms with Crippen LogP contribution in [0.15, 0.2) is 71.5 Å². The van der Waals surface area contributed by atoms with Crippen LogP contribution in [-0.2, 0) is 11.2 Å². The number of para-hydroxylation sites is 1. The van der Waals surface area contributed by atoms with Gasteiger partial charge in [-0.15, -0.1) is 5.10 Å². The van der Waals surface area contributed by atoms with Crippen LogP contribution in [0.1, 0.15) is 17.5 Å². The number of hydrogen-bond donors (Lipinski definition) is 0. The Morgan fingerprint density at radius 2 is 1.67 bits per heavy atom. The molecule has 154 valence electrons. The van der Waals surface area contributed by atoms with Gasteiger partial charge in [-0.3, -0.25) is 9.59 Å². The van der Waals surface area contributed by atoms with Gasteiger partial charge in [0.2, 0.25) is 5.91 Å². The minimum Gasteiger partial charge on any atom is -0.353 e. The third-order valence-electron chi connectivity index (χ3n) is 5.44. The van der Waals surface area contributed by atoms with E-state index < -0.39 is 0 Å². The molecule has 0 radical (unpaired) electrons. The normalized spacial score (nSPS) is 14.4. The minimum absolute atomic E-state index is 0.155. The summed E-state index contributed by atoms with van der Waals surface area (Å²) < 4.78 is 1.43. The smallest absolute Gasteiger partial charge is 0.271 e. The van der Waals surface area contributed by atoms with Gasteiger partial charge in [-0.05, 0) is 37.1 Å². The first-order chi connectivity index (χ1) is 14.6. The SMILES string of the molecule is Cc1ccc(CC(=O)N2CCCN(c3ccc(=O)n(-c4ccccc4)n3)CC2)cc1. The number of benzene rings is 2. The lowest BCUT2D eigenvalue weighted by molar-refractivity contribution is -0.130. The summed E-state index contributed by atoms with van der Waals surface area (Å²) in [6.45, 7) is 4.92. The van der Waals surface area contributed by atoms with Crippen LogP contribution in [0, 0.1) is 6.92 Å². The lowest BCUT2D eigenvalue weighted by Gasteiger charge is -2.23. The topological polar surface area (TPSA) is 58.4 Å².